The van der Waals surface area contributed by atoms with Crippen LogP contribution in [0.1, 0.15) is 5.56 Å². The summed E-state index contributed by atoms with van der Waals surface area (Å²) >= 11 is 0. The zero-order valence-electron chi connectivity index (χ0n) is 12.8. The SMILES string of the molecule is CN(Cc1ccccc1OC(F)(F)F)C(=O)CN1CCOCC1. The summed E-state index contributed by atoms with van der Waals surface area (Å²) in [6.07, 6.45) is -4.76. The van der Waals surface area contributed by atoms with Crippen molar-refractivity contribution in [1.29, 1.82) is 0 Å². The summed E-state index contributed by atoms with van der Waals surface area (Å²) in [6, 6.07) is 5.82. The van der Waals surface area contributed by atoms with Crippen molar-refractivity contribution in [2.75, 3.05) is 39.9 Å². The van der Waals surface area contributed by atoms with E-state index >= 15 is 0 Å². The van der Waals surface area contributed by atoms with Crippen LogP contribution in [-0.4, -0.2) is 62.0 Å². The molecule has 23 heavy (non-hydrogen) atoms. The third-order valence-electron chi connectivity index (χ3n) is 3.49. The molecule has 1 saturated heterocycles. The minimum atomic E-state index is -4.76. The molecule has 5 nitrogen and oxygen atoms in total. The smallest absolute Gasteiger partial charge is 0.405 e. The van der Waals surface area contributed by atoms with E-state index in [2.05, 4.69) is 4.74 Å². The molecule has 0 N–H and O–H groups in total. The molecule has 1 aromatic carbocycles. The lowest BCUT2D eigenvalue weighted by molar-refractivity contribution is -0.275. The van der Waals surface area contributed by atoms with Gasteiger partial charge >= 0.3 is 6.36 Å². The number of nitrogens with zero attached hydrogens (tertiary/aromatic N) is 2. The van der Waals surface area contributed by atoms with Gasteiger partial charge in [-0.05, 0) is 6.07 Å². The van der Waals surface area contributed by atoms with Crippen LogP contribution in [0.4, 0.5) is 13.2 Å². The summed E-state index contributed by atoms with van der Waals surface area (Å²) in [5, 5.41) is 0. The lowest BCUT2D eigenvalue weighted by atomic mass is 10.2. The Kier molecular flexibility index (Phi) is 5.84. The number of benzene rings is 1. The lowest BCUT2D eigenvalue weighted by Gasteiger charge is -2.28. The Morgan fingerprint density at radius 1 is 1.30 bits per heavy atom. The van der Waals surface area contributed by atoms with Gasteiger partial charge in [0.15, 0.2) is 0 Å². The number of carbonyl (C=O) groups excluding carboxylic acids is 1. The quantitative estimate of drug-likeness (QED) is 0.826. The summed E-state index contributed by atoms with van der Waals surface area (Å²) in [5.41, 5.74) is 0.308. The Morgan fingerprint density at radius 2 is 1.96 bits per heavy atom. The molecular formula is C15H19F3N2O3. The van der Waals surface area contributed by atoms with Crippen molar-refractivity contribution in [2.45, 2.75) is 12.9 Å². The molecule has 1 amide bonds. The minimum absolute atomic E-state index is 0.0510. The maximum absolute atomic E-state index is 12.4. The molecule has 1 aliphatic rings. The number of carbonyl (C=O) groups is 1. The van der Waals surface area contributed by atoms with Gasteiger partial charge in [-0.1, -0.05) is 18.2 Å². The average molecular weight is 332 g/mol. The first-order valence-electron chi connectivity index (χ1n) is 7.23. The van der Waals surface area contributed by atoms with Crippen molar-refractivity contribution in [1.82, 2.24) is 9.80 Å². The van der Waals surface area contributed by atoms with Crippen molar-refractivity contribution in [3.8, 4) is 5.75 Å². The second-order valence-corrected chi connectivity index (χ2v) is 5.29. The molecule has 1 fully saturated rings. The Bertz CT molecular complexity index is 531. The third-order valence-corrected chi connectivity index (χ3v) is 3.49. The van der Waals surface area contributed by atoms with Gasteiger partial charge in [0, 0.05) is 32.2 Å². The highest BCUT2D eigenvalue weighted by atomic mass is 19.4. The molecule has 0 radical (unpaired) electrons. The van der Waals surface area contributed by atoms with Crippen molar-refractivity contribution in [3.63, 3.8) is 0 Å². The number of para-hydroxylation sites is 1. The topological polar surface area (TPSA) is 42.0 Å². The van der Waals surface area contributed by atoms with Crippen molar-refractivity contribution >= 4 is 5.91 Å². The van der Waals surface area contributed by atoms with E-state index < -0.39 is 6.36 Å². The maximum Gasteiger partial charge on any atom is 0.573 e. The molecule has 1 aromatic rings. The number of alkyl halides is 3. The number of hydrogen-bond donors (Lipinski definition) is 0. The van der Waals surface area contributed by atoms with Gasteiger partial charge < -0.3 is 14.4 Å². The second-order valence-electron chi connectivity index (χ2n) is 5.29. The Labute approximate surface area is 132 Å². The van der Waals surface area contributed by atoms with Gasteiger partial charge in [-0.3, -0.25) is 9.69 Å². The molecule has 0 saturated carbocycles. The zero-order valence-corrected chi connectivity index (χ0v) is 12.8. The molecule has 0 unspecified atom stereocenters. The Balaban J connectivity index is 1.96. The van der Waals surface area contributed by atoms with Gasteiger partial charge in [-0.25, -0.2) is 0 Å². The van der Waals surface area contributed by atoms with Crippen LogP contribution < -0.4 is 4.74 Å². The van der Waals surface area contributed by atoms with E-state index in [-0.39, 0.29) is 24.7 Å². The molecule has 8 heteroatoms. The molecule has 1 heterocycles. The Morgan fingerprint density at radius 3 is 2.61 bits per heavy atom. The van der Waals surface area contributed by atoms with Crippen LogP contribution in [0.2, 0.25) is 0 Å². The largest absolute Gasteiger partial charge is 0.573 e. The normalized spacial score (nSPS) is 16.2. The van der Waals surface area contributed by atoms with E-state index in [1.54, 1.807) is 13.1 Å². The summed E-state index contributed by atoms with van der Waals surface area (Å²) in [5.74, 6) is -0.445. The van der Waals surface area contributed by atoms with Crippen LogP contribution in [-0.2, 0) is 16.1 Å². The van der Waals surface area contributed by atoms with E-state index in [4.69, 9.17) is 4.74 Å². The number of rotatable bonds is 5. The van der Waals surface area contributed by atoms with Crippen LogP contribution in [0, 0.1) is 0 Å². The van der Waals surface area contributed by atoms with Gasteiger partial charge in [0.2, 0.25) is 5.91 Å². The minimum Gasteiger partial charge on any atom is -0.405 e. The molecule has 0 aromatic heterocycles. The molecule has 0 aliphatic carbocycles. The van der Waals surface area contributed by atoms with E-state index in [0.717, 1.165) is 0 Å². The Hall–Kier alpha value is -1.80. The summed E-state index contributed by atoms with van der Waals surface area (Å²) in [4.78, 5) is 15.5. The standard InChI is InChI=1S/C15H19F3N2O3/c1-19(14(21)11-20-6-8-22-9-7-20)10-12-4-2-3-5-13(12)23-15(16,17)18/h2-5H,6-11H2,1H3. The predicted molar refractivity (Wildman–Crippen MR) is 76.9 cm³/mol. The highest BCUT2D eigenvalue weighted by molar-refractivity contribution is 5.78. The first-order valence-corrected chi connectivity index (χ1v) is 7.23. The molecule has 2 rings (SSSR count). The number of likely N-dealkylation sites (N-methyl/N-ethyl adjacent to an activating group) is 1. The molecule has 1 aliphatic heterocycles. The van der Waals surface area contributed by atoms with Gasteiger partial charge in [-0.2, -0.15) is 0 Å². The van der Waals surface area contributed by atoms with Gasteiger partial charge in [0.25, 0.3) is 0 Å². The first kappa shape index (κ1) is 17.6. The predicted octanol–water partition coefficient (Wildman–Crippen LogP) is 1.88. The second kappa shape index (κ2) is 7.65. The summed E-state index contributed by atoms with van der Waals surface area (Å²) < 4.78 is 46.4. The highest BCUT2D eigenvalue weighted by Crippen LogP contribution is 2.26. The van der Waals surface area contributed by atoms with Crippen LogP contribution in [0.15, 0.2) is 24.3 Å². The fraction of sp³-hybridized carbons (Fsp3) is 0.533. The zero-order chi connectivity index (χ0) is 16.9. The third kappa shape index (κ3) is 5.72. The maximum atomic E-state index is 12.4. The number of hydrogen-bond acceptors (Lipinski definition) is 4. The van der Waals surface area contributed by atoms with E-state index in [0.29, 0.717) is 31.9 Å². The van der Waals surface area contributed by atoms with Gasteiger partial charge in [0.1, 0.15) is 5.75 Å². The molecule has 0 bridgehead atoms. The fourth-order valence-corrected chi connectivity index (χ4v) is 2.27. The van der Waals surface area contributed by atoms with Crippen LogP contribution in [0.25, 0.3) is 0 Å². The lowest BCUT2D eigenvalue weighted by Crippen LogP contribution is -2.43. The number of ether oxygens (including phenoxy) is 2. The van der Waals surface area contributed by atoms with E-state index in [1.165, 1.54) is 23.1 Å². The van der Waals surface area contributed by atoms with Crippen molar-refractivity contribution in [2.24, 2.45) is 0 Å². The monoisotopic (exact) mass is 332 g/mol. The van der Waals surface area contributed by atoms with Gasteiger partial charge in [-0.15, -0.1) is 13.2 Å². The van der Waals surface area contributed by atoms with Gasteiger partial charge in [0.05, 0.1) is 19.8 Å². The van der Waals surface area contributed by atoms with E-state index in [1.807, 2.05) is 4.90 Å². The van der Waals surface area contributed by atoms with Crippen LogP contribution in [0.3, 0.4) is 0 Å². The number of morpholine rings is 1. The van der Waals surface area contributed by atoms with Crippen LogP contribution >= 0.6 is 0 Å². The number of amides is 1. The molecule has 0 spiro atoms. The van der Waals surface area contributed by atoms with Crippen molar-refractivity contribution in [3.05, 3.63) is 29.8 Å². The summed E-state index contributed by atoms with van der Waals surface area (Å²) in [7, 11) is 1.56. The first-order chi connectivity index (χ1) is 10.8. The molecule has 0 atom stereocenters. The summed E-state index contributed by atoms with van der Waals surface area (Å²) in [6.45, 7) is 2.79. The van der Waals surface area contributed by atoms with Crippen LogP contribution in [0.5, 0.6) is 5.75 Å². The fourth-order valence-electron chi connectivity index (χ4n) is 2.27. The number of halogens is 3. The molecular weight excluding hydrogens is 313 g/mol. The molecule has 128 valence electrons. The highest BCUT2D eigenvalue weighted by Gasteiger charge is 2.32. The average Bonchev–Trinajstić information content (AvgIpc) is 2.48. The van der Waals surface area contributed by atoms with Crippen molar-refractivity contribution < 1.29 is 27.4 Å². The van der Waals surface area contributed by atoms with E-state index in [9.17, 15) is 18.0 Å².